The highest BCUT2D eigenvalue weighted by molar-refractivity contribution is 5.33. The zero-order valence-corrected chi connectivity index (χ0v) is 9.01. The van der Waals surface area contributed by atoms with E-state index >= 15 is 0 Å². The normalized spacial score (nSPS) is 15.6. The third-order valence-corrected chi connectivity index (χ3v) is 2.66. The summed E-state index contributed by atoms with van der Waals surface area (Å²) in [6.45, 7) is 3.21. The second-order valence-corrected chi connectivity index (χ2v) is 4.27. The Morgan fingerprint density at radius 1 is 1.29 bits per heavy atom. The van der Waals surface area contributed by atoms with Gasteiger partial charge in [-0.1, -0.05) is 18.2 Å². The molecule has 0 unspecified atom stereocenters. The minimum absolute atomic E-state index is 1.04. The van der Waals surface area contributed by atoms with Gasteiger partial charge < -0.3 is 10.2 Å². The third kappa shape index (κ3) is 2.14. The number of hydrogen-bond acceptors (Lipinski definition) is 2. The highest BCUT2D eigenvalue weighted by Crippen LogP contribution is 2.16. The van der Waals surface area contributed by atoms with Crippen LogP contribution in [0.1, 0.15) is 16.7 Å². The number of nitrogens with one attached hydrogen (secondary N) is 1. The van der Waals surface area contributed by atoms with Crippen molar-refractivity contribution in [1.29, 1.82) is 0 Å². The maximum Gasteiger partial charge on any atom is 0.0227 e. The summed E-state index contributed by atoms with van der Waals surface area (Å²) in [5.41, 5.74) is 4.43. The van der Waals surface area contributed by atoms with Gasteiger partial charge in [-0.3, -0.25) is 0 Å². The van der Waals surface area contributed by atoms with E-state index in [2.05, 4.69) is 42.5 Å². The third-order valence-electron chi connectivity index (χ3n) is 2.66. The second-order valence-electron chi connectivity index (χ2n) is 4.27. The van der Waals surface area contributed by atoms with Crippen molar-refractivity contribution in [2.24, 2.45) is 0 Å². The molecule has 2 rings (SSSR count). The molecule has 0 atom stereocenters. The molecule has 14 heavy (non-hydrogen) atoms. The van der Waals surface area contributed by atoms with Gasteiger partial charge in [0.1, 0.15) is 0 Å². The van der Waals surface area contributed by atoms with Crippen molar-refractivity contribution >= 4 is 0 Å². The number of hydrogen-bond donors (Lipinski definition) is 1. The predicted molar refractivity (Wildman–Crippen MR) is 59.2 cm³/mol. The molecule has 0 saturated carbocycles. The lowest BCUT2D eigenvalue weighted by Crippen LogP contribution is -2.23. The molecule has 0 saturated heterocycles. The lowest BCUT2D eigenvalue weighted by atomic mass is 9.98. The van der Waals surface area contributed by atoms with Gasteiger partial charge in [-0.05, 0) is 43.8 Å². The molecule has 2 nitrogen and oxygen atoms in total. The molecule has 0 fully saturated rings. The summed E-state index contributed by atoms with van der Waals surface area (Å²) in [6, 6.07) is 6.86. The van der Waals surface area contributed by atoms with Gasteiger partial charge in [0.25, 0.3) is 0 Å². The lowest BCUT2D eigenvalue weighted by molar-refractivity contribution is 0.402. The summed E-state index contributed by atoms with van der Waals surface area (Å²) < 4.78 is 0. The molecule has 0 amide bonds. The van der Waals surface area contributed by atoms with E-state index < -0.39 is 0 Å². The number of nitrogens with zero attached hydrogens (tertiary/aromatic N) is 1. The molecule has 0 radical (unpaired) electrons. The van der Waals surface area contributed by atoms with Crippen LogP contribution in [-0.4, -0.2) is 25.5 Å². The van der Waals surface area contributed by atoms with Gasteiger partial charge in [0.05, 0.1) is 0 Å². The molecule has 0 bridgehead atoms. The zero-order valence-electron chi connectivity index (χ0n) is 9.01. The van der Waals surface area contributed by atoms with E-state index in [0.717, 1.165) is 19.6 Å². The van der Waals surface area contributed by atoms with Gasteiger partial charge in [0, 0.05) is 13.1 Å². The number of fused-ring (bicyclic) bond motifs is 1. The first-order valence-corrected chi connectivity index (χ1v) is 5.22. The van der Waals surface area contributed by atoms with Crippen LogP contribution in [0.5, 0.6) is 0 Å². The van der Waals surface area contributed by atoms with E-state index in [0.29, 0.717) is 0 Å². The van der Waals surface area contributed by atoms with Gasteiger partial charge in [-0.2, -0.15) is 0 Å². The van der Waals surface area contributed by atoms with Crippen molar-refractivity contribution in [3.63, 3.8) is 0 Å². The van der Waals surface area contributed by atoms with Gasteiger partial charge >= 0.3 is 0 Å². The minimum Gasteiger partial charge on any atom is -0.312 e. The average molecular weight is 190 g/mol. The Morgan fingerprint density at radius 2 is 2.14 bits per heavy atom. The van der Waals surface area contributed by atoms with Crippen molar-refractivity contribution in [2.75, 3.05) is 20.6 Å². The van der Waals surface area contributed by atoms with E-state index in [1.807, 2.05) is 0 Å². The van der Waals surface area contributed by atoms with E-state index in [-0.39, 0.29) is 0 Å². The van der Waals surface area contributed by atoms with Crippen LogP contribution in [0.4, 0.5) is 0 Å². The van der Waals surface area contributed by atoms with Crippen molar-refractivity contribution < 1.29 is 0 Å². The SMILES string of the molecule is CN(C)Cc1ccc2c(c1)CCNC2. The Kier molecular flexibility index (Phi) is 2.85. The van der Waals surface area contributed by atoms with Crippen LogP contribution in [-0.2, 0) is 19.5 Å². The molecule has 1 aliphatic heterocycles. The second kappa shape index (κ2) is 4.11. The van der Waals surface area contributed by atoms with E-state index in [1.165, 1.54) is 23.1 Å². The van der Waals surface area contributed by atoms with Crippen LogP contribution in [0.3, 0.4) is 0 Å². The summed E-state index contributed by atoms with van der Waals surface area (Å²) in [4.78, 5) is 2.21. The fraction of sp³-hybridized carbons (Fsp3) is 0.500. The molecular weight excluding hydrogens is 172 g/mol. The Hall–Kier alpha value is -0.860. The van der Waals surface area contributed by atoms with Crippen LogP contribution >= 0.6 is 0 Å². The van der Waals surface area contributed by atoms with E-state index in [9.17, 15) is 0 Å². The fourth-order valence-electron chi connectivity index (χ4n) is 1.99. The zero-order chi connectivity index (χ0) is 9.97. The predicted octanol–water partition coefficient (Wildman–Crippen LogP) is 1.39. The molecular formula is C12H18N2. The van der Waals surface area contributed by atoms with Crippen LogP contribution in [0.15, 0.2) is 18.2 Å². The molecule has 1 aromatic carbocycles. The summed E-state index contributed by atoms with van der Waals surface area (Å²) in [7, 11) is 4.22. The van der Waals surface area contributed by atoms with Crippen LogP contribution in [0.2, 0.25) is 0 Å². The lowest BCUT2D eigenvalue weighted by Gasteiger charge is -2.18. The molecule has 1 aliphatic rings. The maximum absolute atomic E-state index is 3.39. The Morgan fingerprint density at radius 3 is 2.93 bits per heavy atom. The van der Waals surface area contributed by atoms with Crippen LogP contribution in [0.25, 0.3) is 0 Å². The summed E-state index contributed by atoms with van der Waals surface area (Å²) in [5, 5.41) is 3.39. The van der Waals surface area contributed by atoms with E-state index in [1.54, 1.807) is 0 Å². The Bertz CT molecular complexity index is 318. The minimum atomic E-state index is 1.04. The van der Waals surface area contributed by atoms with Crippen molar-refractivity contribution in [3.05, 3.63) is 34.9 Å². The molecule has 2 heteroatoms. The topological polar surface area (TPSA) is 15.3 Å². The fourth-order valence-corrected chi connectivity index (χ4v) is 1.99. The molecule has 0 aliphatic carbocycles. The van der Waals surface area contributed by atoms with Crippen molar-refractivity contribution in [2.45, 2.75) is 19.5 Å². The van der Waals surface area contributed by atoms with Crippen LogP contribution < -0.4 is 5.32 Å². The first-order valence-electron chi connectivity index (χ1n) is 5.22. The highest BCUT2D eigenvalue weighted by Gasteiger charge is 2.08. The number of benzene rings is 1. The summed E-state index contributed by atoms with van der Waals surface area (Å²) in [6.07, 6.45) is 1.18. The van der Waals surface area contributed by atoms with Gasteiger partial charge in [0.2, 0.25) is 0 Å². The van der Waals surface area contributed by atoms with Gasteiger partial charge in [-0.15, -0.1) is 0 Å². The maximum atomic E-state index is 3.39. The smallest absolute Gasteiger partial charge is 0.0227 e. The highest BCUT2D eigenvalue weighted by atomic mass is 15.0. The Balaban J connectivity index is 2.20. The van der Waals surface area contributed by atoms with Gasteiger partial charge in [0.15, 0.2) is 0 Å². The molecule has 0 spiro atoms. The van der Waals surface area contributed by atoms with E-state index in [4.69, 9.17) is 0 Å². The Labute approximate surface area is 85.9 Å². The first-order chi connectivity index (χ1) is 6.75. The molecule has 1 aromatic rings. The van der Waals surface area contributed by atoms with Gasteiger partial charge in [-0.25, -0.2) is 0 Å². The average Bonchev–Trinajstić information content (AvgIpc) is 2.17. The van der Waals surface area contributed by atoms with Crippen molar-refractivity contribution in [3.8, 4) is 0 Å². The van der Waals surface area contributed by atoms with Crippen molar-refractivity contribution in [1.82, 2.24) is 10.2 Å². The molecule has 0 aromatic heterocycles. The summed E-state index contributed by atoms with van der Waals surface area (Å²) >= 11 is 0. The molecule has 1 N–H and O–H groups in total. The molecule has 76 valence electrons. The summed E-state index contributed by atoms with van der Waals surface area (Å²) in [5.74, 6) is 0. The van der Waals surface area contributed by atoms with Crippen LogP contribution in [0, 0.1) is 0 Å². The number of rotatable bonds is 2. The standard InChI is InChI=1S/C12H18N2/c1-14(2)9-10-3-4-12-8-13-6-5-11(12)7-10/h3-4,7,13H,5-6,8-9H2,1-2H3. The monoisotopic (exact) mass is 190 g/mol. The molecule has 1 heterocycles. The quantitative estimate of drug-likeness (QED) is 0.758. The largest absolute Gasteiger partial charge is 0.312 e. The first kappa shape index (κ1) is 9.69.